The predicted octanol–water partition coefficient (Wildman–Crippen LogP) is 9.70. The van der Waals surface area contributed by atoms with Gasteiger partial charge in [-0.1, -0.05) is 78.9 Å². The topological polar surface area (TPSA) is 75.6 Å². The Morgan fingerprint density at radius 1 is 0.829 bits per heavy atom. The maximum Gasteiger partial charge on any atom is 0.397 e. The van der Waals surface area contributed by atoms with Crippen LogP contribution in [-0.4, -0.2) is 30.3 Å². The third kappa shape index (κ3) is 10.3. The van der Waals surface area contributed by atoms with E-state index in [-0.39, 0.29) is 24.9 Å². The van der Waals surface area contributed by atoms with E-state index < -0.39 is 17.2 Å². The molecule has 9 heteroatoms. The van der Waals surface area contributed by atoms with Gasteiger partial charge in [0.2, 0.25) is 0 Å². The number of rotatable bonds is 13. The average Bonchev–Trinajstić information content (AvgIpc) is 2.92. The zero-order valence-electron chi connectivity index (χ0n) is 26.1. The van der Waals surface area contributed by atoms with Crippen molar-refractivity contribution >= 4 is 17.2 Å². The highest BCUT2D eigenvalue weighted by molar-refractivity contribution is 7.42. The quantitative estimate of drug-likeness (QED) is 0.222. The Labute approximate surface area is 251 Å². The minimum absolute atomic E-state index is 0.0511. The molecule has 0 aliphatic heterocycles. The van der Waals surface area contributed by atoms with E-state index in [4.69, 9.17) is 27.4 Å². The van der Waals surface area contributed by atoms with Gasteiger partial charge in [0.1, 0.15) is 0 Å². The molecule has 0 heterocycles. The highest BCUT2D eigenvalue weighted by Gasteiger charge is 2.37. The first-order valence-corrected chi connectivity index (χ1v) is 18.2. The zero-order chi connectivity index (χ0) is 29.4. The molecule has 1 N–H and O–H groups in total. The Morgan fingerprint density at radius 2 is 1.49 bits per heavy atom. The third-order valence-electron chi connectivity index (χ3n) is 9.21. The van der Waals surface area contributed by atoms with Gasteiger partial charge in [0, 0.05) is 5.56 Å². The Hall–Kier alpha value is -0.520. The number of benzene rings is 1. The molecule has 1 aromatic carbocycles. The van der Waals surface area contributed by atoms with Crippen LogP contribution in [0.15, 0.2) is 18.2 Å². The summed E-state index contributed by atoms with van der Waals surface area (Å²) in [6.45, 7) is 11.6. The first-order valence-electron chi connectivity index (χ1n) is 16.0. The molecule has 0 bridgehead atoms. The summed E-state index contributed by atoms with van der Waals surface area (Å²) in [6.07, 6.45) is 12.4. The maximum absolute atomic E-state index is 10.6. The van der Waals surface area contributed by atoms with E-state index in [1.54, 1.807) is 7.11 Å². The van der Waals surface area contributed by atoms with E-state index in [0.717, 1.165) is 50.5 Å². The molecule has 234 valence electrons. The number of hydrogen-bond acceptors (Lipinski definition) is 7. The van der Waals surface area contributed by atoms with E-state index in [0.29, 0.717) is 41.1 Å². The molecule has 7 nitrogen and oxygen atoms in total. The molecule has 3 aliphatic rings. The van der Waals surface area contributed by atoms with Gasteiger partial charge in [-0.25, -0.2) is 0 Å². The fraction of sp³-hybridized carbons (Fsp3) is 0.812. The second-order valence-corrected chi connectivity index (χ2v) is 15.2. The van der Waals surface area contributed by atoms with Gasteiger partial charge in [0.25, 0.3) is 0 Å². The Kier molecular flexibility index (Phi) is 13.5. The molecular weight excluding hydrogens is 558 g/mol. The highest BCUT2D eigenvalue weighted by atomic mass is 31.2. The molecule has 0 amide bonds. The summed E-state index contributed by atoms with van der Waals surface area (Å²) in [7, 11) is -2.03. The van der Waals surface area contributed by atoms with E-state index in [1.165, 1.54) is 25.7 Å². The summed E-state index contributed by atoms with van der Waals surface area (Å²) in [5.41, 5.74) is 0.778. The van der Waals surface area contributed by atoms with Crippen LogP contribution in [0.2, 0.25) is 0 Å². The molecule has 3 aliphatic carbocycles. The zero-order valence-corrected chi connectivity index (χ0v) is 27.9. The summed E-state index contributed by atoms with van der Waals surface area (Å²) in [4.78, 5) is 10.6. The first kappa shape index (κ1) is 33.4. The van der Waals surface area contributed by atoms with E-state index in [9.17, 15) is 4.89 Å². The van der Waals surface area contributed by atoms with E-state index >= 15 is 0 Å². The summed E-state index contributed by atoms with van der Waals surface area (Å²) in [6, 6.07) is 5.74. The molecule has 0 aromatic heterocycles. The lowest BCUT2D eigenvalue weighted by molar-refractivity contribution is 0.0179. The fourth-order valence-corrected chi connectivity index (χ4v) is 8.93. The van der Waals surface area contributed by atoms with Gasteiger partial charge in [-0.3, -0.25) is 9.05 Å². The number of hydrogen-bond donors (Lipinski definition) is 1. The molecule has 7 unspecified atom stereocenters. The Balaban J connectivity index is 1.49. The average molecular weight is 613 g/mol. The Bertz CT molecular complexity index is 918. The standard InChI is InChI=1S/C32H54O7P2/c1-22(2)29-17-16-25(5)20-31(29)38-41(37-28-14-8-11-24(4)19-28)39-32-26(12-9-15-30(32)34-6)21-35-40(33)36-27-13-7-10-23(3)18-27/h9,12,15,22-25,27-29,31,33H,7-8,10-11,13-14,16-21H2,1-6H3/t23?,24?,25-,27?,28?,29?,31-,40?,41?/m1/s1. The van der Waals surface area contributed by atoms with Crippen LogP contribution in [0.25, 0.3) is 0 Å². The number of methoxy groups -OCH3 is 1. The lowest BCUT2D eigenvalue weighted by Crippen LogP contribution is -2.34. The van der Waals surface area contributed by atoms with Crippen molar-refractivity contribution in [1.82, 2.24) is 0 Å². The minimum atomic E-state index is -2.00. The van der Waals surface area contributed by atoms with Gasteiger partial charge >= 0.3 is 17.2 Å². The molecule has 0 saturated heterocycles. The SMILES string of the molecule is COc1cccc(COP(O)OC2CCCC(C)C2)c1OP(OC1CCCC(C)C1)O[C@@H]1C[C@H](C)CCC1C(C)C. The molecule has 41 heavy (non-hydrogen) atoms. The van der Waals surface area contributed by atoms with Crippen LogP contribution in [0.1, 0.15) is 111 Å². The van der Waals surface area contributed by atoms with Gasteiger partial charge < -0.3 is 23.2 Å². The molecule has 9 atom stereocenters. The second kappa shape index (κ2) is 16.5. The molecule has 1 aromatic rings. The lowest BCUT2D eigenvalue weighted by atomic mass is 9.75. The largest absolute Gasteiger partial charge is 0.493 e. The van der Waals surface area contributed by atoms with Crippen molar-refractivity contribution in [3.8, 4) is 11.5 Å². The summed E-state index contributed by atoms with van der Waals surface area (Å²) >= 11 is 0. The van der Waals surface area contributed by atoms with Crippen LogP contribution in [-0.2, 0) is 24.7 Å². The normalized spacial score (nSPS) is 32.4. The minimum Gasteiger partial charge on any atom is -0.493 e. The monoisotopic (exact) mass is 612 g/mol. The molecule has 0 spiro atoms. The van der Waals surface area contributed by atoms with Crippen molar-refractivity contribution in [2.45, 2.75) is 130 Å². The summed E-state index contributed by atoms with van der Waals surface area (Å²) in [5, 5.41) is 0. The molecule has 3 fully saturated rings. The van der Waals surface area contributed by atoms with Gasteiger partial charge in [-0.05, 0) is 74.2 Å². The van der Waals surface area contributed by atoms with Crippen molar-refractivity contribution in [2.75, 3.05) is 7.11 Å². The molecular formula is C32H54O7P2. The second-order valence-electron chi connectivity index (χ2n) is 13.2. The predicted molar refractivity (Wildman–Crippen MR) is 166 cm³/mol. The maximum atomic E-state index is 10.6. The van der Waals surface area contributed by atoms with Crippen molar-refractivity contribution in [2.24, 2.45) is 29.6 Å². The van der Waals surface area contributed by atoms with Crippen LogP contribution in [0.4, 0.5) is 0 Å². The van der Waals surface area contributed by atoms with Crippen LogP contribution in [0.3, 0.4) is 0 Å². The fourth-order valence-electron chi connectivity index (χ4n) is 6.78. The summed E-state index contributed by atoms with van der Waals surface area (Å²) < 4.78 is 37.6. The van der Waals surface area contributed by atoms with Gasteiger partial charge in [0.15, 0.2) is 11.5 Å². The smallest absolute Gasteiger partial charge is 0.397 e. The van der Waals surface area contributed by atoms with Crippen LogP contribution in [0.5, 0.6) is 11.5 Å². The van der Waals surface area contributed by atoms with Crippen molar-refractivity contribution in [3.05, 3.63) is 23.8 Å². The van der Waals surface area contributed by atoms with Crippen molar-refractivity contribution in [3.63, 3.8) is 0 Å². The number of para-hydroxylation sites is 1. The first-order chi connectivity index (χ1) is 19.7. The van der Waals surface area contributed by atoms with E-state index in [1.807, 2.05) is 18.2 Å². The van der Waals surface area contributed by atoms with Gasteiger partial charge in [-0.2, -0.15) is 0 Å². The van der Waals surface area contributed by atoms with Crippen LogP contribution < -0.4 is 9.26 Å². The Morgan fingerprint density at radius 3 is 2.12 bits per heavy atom. The molecule has 3 saturated carbocycles. The van der Waals surface area contributed by atoms with Gasteiger partial charge in [0.05, 0.1) is 32.0 Å². The van der Waals surface area contributed by atoms with Crippen molar-refractivity contribution in [1.29, 1.82) is 0 Å². The lowest BCUT2D eigenvalue weighted by Gasteiger charge is -2.39. The molecule has 4 rings (SSSR count). The number of ether oxygens (including phenoxy) is 1. The van der Waals surface area contributed by atoms with Crippen molar-refractivity contribution < 1.29 is 32.2 Å². The summed E-state index contributed by atoms with van der Waals surface area (Å²) in [5.74, 6) is 4.04. The van der Waals surface area contributed by atoms with Crippen LogP contribution in [0, 0.1) is 29.6 Å². The third-order valence-corrected chi connectivity index (χ3v) is 11.3. The highest BCUT2D eigenvalue weighted by Crippen LogP contribution is 2.52. The van der Waals surface area contributed by atoms with Crippen LogP contribution >= 0.6 is 17.2 Å². The van der Waals surface area contributed by atoms with E-state index in [2.05, 4.69) is 34.6 Å². The molecule has 0 radical (unpaired) electrons. The van der Waals surface area contributed by atoms with Gasteiger partial charge in [-0.15, -0.1) is 0 Å².